The lowest BCUT2D eigenvalue weighted by molar-refractivity contribution is -0.351. The fourth-order valence-corrected chi connectivity index (χ4v) is 5.45. The highest BCUT2D eigenvalue weighted by atomic mass is 16.7. The second-order valence-electron chi connectivity index (χ2n) is 11.3. The molecule has 14 N–H and O–H groups in total. The van der Waals surface area contributed by atoms with E-state index in [4.69, 9.17) is 28.8 Å². The van der Waals surface area contributed by atoms with Crippen LogP contribution >= 0.6 is 0 Å². The van der Waals surface area contributed by atoms with Crippen LogP contribution in [-0.2, 0) is 38.1 Å². The third-order valence-electron chi connectivity index (χ3n) is 7.97. The van der Waals surface area contributed by atoms with Gasteiger partial charge in [-0.1, -0.05) is 0 Å². The van der Waals surface area contributed by atoms with Gasteiger partial charge in [-0.2, -0.15) is 0 Å². The summed E-state index contributed by atoms with van der Waals surface area (Å²) in [5.41, 5.74) is 0. The van der Waals surface area contributed by atoms with Gasteiger partial charge in [0.1, 0.15) is 73.7 Å². The summed E-state index contributed by atoms with van der Waals surface area (Å²) in [7, 11) is 0. The Morgan fingerprint density at radius 1 is 0.894 bits per heavy atom. The Balaban J connectivity index is 1.88. The van der Waals surface area contributed by atoms with Gasteiger partial charge in [0.05, 0.1) is 32.0 Å². The molecule has 1 unspecified atom stereocenters. The number of carbonyl (C=O) groups excluding carboxylic acids is 2. The van der Waals surface area contributed by atoms with E-state index in [1.807, 2.05) is 0 Å². The number of rotatable bonds is 13. The molecule has 47 heavy (non-hydrogen) atoms. The predicted molar refractivity (Wildman–Crippen MR) is 143 cm³/mol. The van der Waals surface area contributed by atoms with E-state index in [9.17, 15) is 70.6 Å². The Kier molecular flexibility index (Phi) is 13.7. The Morgan fingerprint density at radius 2 is 1.55 bits per heavy atom. The standard InChI is InChI=1S/C25H42N2O20/c1-7(31)26-14-20(46-23-19(39)18(38)16(36)10(4-29)45-23)17(37)11(44-22(14)40)6-43-25(24(41)42)2-8(32)13(27-12(34)5-30)21(47-25)15(35)9(33)3-28/h8-11,13-23,28-30,32-33,35-40H,2-6H2,1H3,(H,26,31)(H,27,34)(H,41,42)/t8-,9+,10+,11+,13+,14+,15+,16-,17-,18-,19+,20+,21+,22?,23-,25+/m0/s1. The van der Waals surface area contributed by atoms with Crippen LogP contribution in [0.5, 0.6) is 0 Å². The van der Waals surface area contributed by atoms with E-state index in [2.05, 4.69) is 10.6 Å². The van der Waals surface area contributed by atoms with Crippen molar-refractivity contribution in [2.75, 3.05) is 26.4 Å². The molecule has 0 aliphatic carbocycles. The lowest BCUT2D eigenvalue weighted by atomic mass is 9.88. The van der Waals surface area contributed by atoms with Crippen molar-refractivity contribution < 1.29 is 99.3 Å². The van der Waals surface area contributed by atoms with E-state index in [-0.39, 0.29) is 0 Å². The number of carboxylic acids is 1. The van der Waals surface area contributed by atoms with Crippen molar-refractivity contribution in [3.05, 3.63) is 0 Å². The number of ether oxygens (including phenoxy) is 5. The average molecular weight is 691 g/mol. The normalized spacial score (nSPS) is 42.3. The summed E-state index contributed by atoms with van der Waals surface area (Å²) in [6.45, 7) is -2.95. The van der Waals surface area contributed by atoms with E-state index in [1.165, 1.54) is 0 Å². The zero-order valence-corrected chi connectivity index (χ0v) is 24.8. The molecule has 3 aliphatic rings. The van der Waals surface area contributed by atoms with Crippen LogP contribution in [-0.4, -0.2) is 203 Å². The van der Waals surface area contributed by atoms with Crippen molar-refractivity contribution in [2.45, 2.75) is 111 Å². The Bertz CT molecular complexity index is 1070. The van der Waals surface area contributed by atoms with Crippen molar-refractivity contribution in [3.8, 4) is 0 Å². The summed E-state index contributed by atoms with van der Waals surface area (Å²) in [5, 5.41) is 126. The minimum atomic E-state index is -2.91. The molecule has 22 heteroatoms. The molecule has 3 rings (SSSR count). The molecule has 0 radical (unpaired) electrons. The van der Waals surface area contributed by atoms with Gasteiger partial charge in [-0.25, -0.2) is 4.79 Å². The Morgan fingerprint density at radius 3 is 2.11 bits per heavy atom. The molecule has 3 heterocycles. The number of hydrogen-bond acceptors (Lipinski definition) is 19. The molecule has 16 atom stereocenters. The summed E-state index contributed by atoms with van der Waals surface area (Å²) in [6, 6.07) is -3.24. The van der Waals surface area contributed by atoms with Gasteiger partial charge in [0.2, 0.25) is 11.8 Å². The zero-order valence-electron chi connectivity index (χ0n) is 24.8. The highest BCUT2D eigenvalue weighted by molar-refractivity contribution is 5.78. The highest BCUT2D eigenvalue weighted by Crippen LogP contribution is 2.35. The Labute approximate surface area is 265 Å². The molecule has 0 bridgehead atoms. The SMILES string of the molecule is CC(=O)N[C@H]1C(O)O[C@H](CO[C@]2(C(=O)O)C[C@H](O)[C@@H](NC(=O)CO)[C@H]([C@H](O)[C@H](O)CO)O2)[C@H](O)[C@@H]1O[C@@H]1O[C@H](CO)[C@H](O)[C@H](O)[C@H]1O. The molecule has 0 aromatic carbocycles. The first-order valence-corrected chi connectivity index (χ1v) is 14.4. The molecule has 3 saturated heterocycles. The number of aliphatic hydroxyl groups excluding tert-OH is 11. The number of carbonyl (C=O) groups is 3. The maximum Gasteiger partial charge on any atom is 0.364 e. The molecule has 0 spiro atoms. The first kappa shape index (κ1) is 39.2. The number of hydrogen-bond donors (Lipinski definition) is 14. The van der Waals surface area contributed by atoms with Gasteiger partial charge in [-0.15, -0.1) is 0 Å². The van der Waals surface area contributed by atoms with Crippen LogP contribution in [0.2, 0.25) is 0 Å². The number of aliphatic carboxylic acids is 1. The van der Waals surface area contributed by atoms with Crippen LogP contribution in [0.15, 0.2) is 0 Å². The van der Waals surface area contributed by atoms with E-state index in [0.717, 1.165) is 6.92 Å². The van der Waals surface area contributed by atoms with Crippen LogP contribution in [0.25, 0.3) is 0 Å². The van der Waals surface area contributed by atoms with Crippen molar-refractivity contribution in [2.24, 2.45) is 0 Å². The summed E-state index contributed by atoms with van der Waals surface area (Å²) in [5.74, 6) is -6.66. The largest absolute Gasteiger partial charge is 0.477 e. The quantitative estimate of drug-likeness (QED) is 0.0852. The third-order valence-corrected chi connectivity index (χ3v) is 7.97. The van der Waals surface area contributed by atoms with Crippen molar-refractivity contribution >= 4 is 17.8 Å². The van der Waals surface area contributed by atoms with Gasteiger partial charge in [0.15, 0.2) is 12.6 Å². The van der Waals surface area contributed by atoms with Crippen LogP contribution < -0.4 is 10.6 Å². The van der Waals surface area contributed by atoms with Crippen molar-refractivity contribution in [1.29, 1.82) is 0 Å². The molecular formula is C25H42N2O20. The van der Waals surface area contributed by atoms with Gasteiger partial charge < -0.3 is 95.6 Å². The minimum absolute atomic E-state index is 0.756. The summed E-state index contributed by atoms with van der Waals surface area (Å²) in [6.07, 6.45) is -25.5. The second kappa shape index (κ2) is 16.4. The second-order valence-corrected chi connectivity index (χ2v) is 11.3. The molecule has 22 nitrogen and oxygen atoms in total. The van der Waals surface area contributed by atoms with Crippen LogP contribution in [0, 0.1) is 0 Å². The van der Waals surface area contributed by atoms with Crippen LogP contribution in [0.4, 0.5) is 0 Å². The topological polar surface area (TPSA) is 364 Å². The molecule has 0 aromatic heterocycles. The lowest BCUT2D eigenvalue weighted by Gasteiger charge is -2.48. The first-order chi connectivity index (χ1) is 22.0. The molecule has 2 amide bonds. The number of carboxylic acid groups (broad SMARTS) is 1. The predicted octanol–water partition coefficient (Wildman–Crippen LogP) is -9.11. The summed E-state index contributed by atoms with van der Waals surface area (Å²) in [4.78, 5) is 36.2. The summed E-state index contributed by atoms with van der Waals surface area (Å²) < 4.78 is 27.1. The number of aliphatic hydroxyl groups is 11. The van der Waals surface area contributed by atoms with Gasteiger partial charge >= 0.3 is 5.97 Å². The smallest absolute Gasteiger partial charge is 0.364 e. The highest BCUT2D eigenvalue weighted by Gasteiger charge is 2.57. The first-order valence-electron chi connectivity index (χ1n) is 14.4. The number of nitrogens with one attached hydrogen (secondary N) is 2. The average Bonchev–Trinajstić information content (AvgIpc) is 3.03. The lowest BCUT2D eigenvalue weighted by Crippen LogP contribution is -2.69. The maximum atomic E-state index is 12.5. The van der Waals surface area contributed by atoms with E-state index < -0.39 is 148 Å². The minimum Gasteiger partial charge on any atom is -0.477 e. The summed E-state index contributed by atoms with van der Waals surface area (Å²) >= 11 is 0. The molecule has 0 saturated carbocycles. The molecule has 272 valence electrons. The van der Waals surface area contributed by atoms with Gasteiger partial charge in [-0.3, -0.25) is 9.59 Å². The third kappa shape index (κ3) is 8.69. The molecular weight excluding hydrogens is 648 g/mol. The van der Waals surface area contributed by atoms with Crippen molar-refractivity contribution in [3.63, 3.8) is 0 Å². The van der Waals surface area contributed by atoms with Crippen LogP contribution in [0.1, 0.15) is 13.3 Å². The molecule has 0 aromatic rings. The molecule has 3 fully saturated rings. The number of amides is 2. The molecule has 3 aliphatic heterocycles. The van der Waals surface area contributed by atoms with Gasteiger partial charge in [0.25, 0.3) is 5.79 Å². The van der Waals surface area contributed by atoms with Crippen LogP contribution in [0.3, 0.4) is 0 Å². The van der Waals surface area contributed by atoms with Gasteiger partial charge in [0, 0.05) is 13.3 Å². The fourth-order valence-electron chi connectivity index (χ4n) is 5.45. The van der Waals surface area contributed by atoms with E-state index in [0.29, 0.717) is 0 Å². The van der Waals surface area contributed by atoms with Gasteiger partial charge in [-0.05, 0) is 0 Å². The van der Waals surface area contributed by atoms with E-state index in [1.54, 1.807) is 0 Å². The Hall–Kier alpha value is -2.23. The fraction of sp³-hybridized carbons (Fsp3) is 0.880. The monoisotopic (exact) mass is 690 g/mol. The van der Waals surface area contributed by atoms with E-state index >= 15 is 0 Å². The maximum absolute atomic E-state index is 12.5. The van der Waals surface area contributed by atoms with Crippen molar-refractivity contribution in [1.82, 2.24) is 10.6 Å². The zero-order chi connectivity index (χ0) is 35.4.